The van der Waals surface area contributed by atoms with E-state index in [-0.39, 0.29) is 0 Å². The predicted octanol–water partition coefficient (Wildman–Crippen LogP) is 0.761. The highest BCUT2D eigenvalue weighted by Gasteiger charge is 2.20. The first-order chi connectivity index (χ1) is 10.8. The molecule has 1 saturated heterocycles. The number of aromatic nitrogens is 5. The van der Waals surface area contributed by atoms with Crippen LogP contribution in [0.3, 0.4) is 0 Å². The molecular formula is C15H23N7. The zero-order valence-corrected chi connectivity index (χ0v) is 13.3. The van der Waals surface area contributed by atoms with Crippen molar-refractivity contribution in [2.75, 3.05) is 37.6 Å². The van der Waals surface area contributed by atoms with Gasteiger partial charge in [-0.15, -0.1) is 0 Å². The Kier molecular flexibility index (Phi) is 4.62. The van der Waals surface area contributed by atoms with Crippen LogP contribution in [0.15, 0.2) is 18.7 Å². The fraction of sp³-hybridized carbons (Fsp3) is 0.600. The molecule has 22 heavy (non-hydrogen) atoms. The molecule has 7 heteroatoms. The normalized spacial score (nSPS) is 16.2. The van der Waals surface area contributed by atoms with Gasteiger partial charge in [-0.05, 0) is 13.3 Å². The third-order valence-corrected chi connectivity index (χ3v) is 4.25. The fourth-order valence-corrected chi connectivity index (χ4v) is 2.95. The Morgan fingerprint density at radius 2 is 1.73 bits per heavy atom. The molecule has 118 valence electrons. The Morgan fingerprint density at radius 1 is 1.00 bits per heavy atom. The van der Waals surface area contributed by atoms with Crippen LogP contribution in [-0.4, -0.2) is 62.6 Å². The lowest BCUT2D eigenvalue weighted by molar-refractivity contribution is 0.239. The lowest BCUT2D eigenvalue weighted by Crippen LogP contribution is -2.48. The van der Waals surface area contributed by atoms with Crippen LogP contribution in [0.1, 0.15) is 18.2 Å². The van der Waals surface area contributed by atoms with Crippen LogP contribution in [0, 0.1) is 6.92 Å². The summed E-state index contributed by atoms with van der Waals surface area (Å²) in [6.45, 7) is 10.2. The highest BCUT2D eigenvalue weighted by atomic mass is 15.5. The molecule has 1 aliphatic rings. The number of piperazine rings is 1. The van der Waals surface area contributed by atoms with Crippen LogP contribution >= 0.6 is 0 Å². The van der Waals surface area contributed by atoms with E-state index in [0.717, 1.165) is 57.2 Å². The van der Waals surface area contributed by atoms with E-state index in [2.05, 4.69) is 43.8 Å². The summed E-state index contributed by atoms with van der Waals surface area (Å²) in [4.78, 5) is 15.4. The van der Waals surface area contributed by atoms with Crippen molar-refractivity contribution in [2.45, 2.75) is 26.8 Å². The van der Waals surface area contributed by atoms with Gasteiger partial charge in [-0.1, -0.05) is 6.92 Å². The number of nitrogens with zero attached hydrogens (tertiary/aromatic N) is 7. The third-order valence-electron chi connectivity index (χ3n) is 4.25. The number of anilines is 1. The molecule has 0 aliphatic carbocycles. The van der Waals surface area contributed by atoms with Crippen molar-refractivity contribution >= 4 is 5.82 Å². The van der Waals surface area contributed by atoms with Gasteiger partial charge in [-0.2, -0.15) is 15.0 Å². The molecule has 1 fully saturated rings. The molecule has 0 radical (unpaired) electrons. The van der Waals surface area contributed by atoms with Crippen molar-refractivity contribution in [3.63, 3.8) is 0 Å². The Balaban J connectivity index is 1.56. The monoisotopic (exact) mass is 301 g/mol. The summed E-state index contributed by atoms with van der Waals surface area (Å²) < 4.78 is 0. The molecule has 0 saturated carbocycles. The van der Waals surface area contributed by atoms with Crippen molar-refractivity contribution < 1.29 is 0 Å². The fourth-order valence-electron chi connectivity index (χ4n) is 2.95. The Bertz CT molecular complexity index is 588. The van der Waals surface area contributed by atoms with Crippen LogP contribution in [0.4, 0.5) is 5.82 Å². The van der Waals surface area contributed by atoms with Gasteiger partial charge in [0.15, 0.2) is 0 Å². The first-order valence-electron chi connectivity index (χ1n) is 7.89. The van der Waals surface area contributed by atoms with Crippen LogP contribution in [0.5, 0.6) is 0 Å². The first-order valence-corrected chi connectivity index (χ1v) is 7.89. The van der Waals surface area contributed by atoms with Gasteiger partial charge in [-0.3, -0.25) is 4.90 Å². The second-order valence-corrected chi connectivity index (χ2v) is 5.57. The van der Waals surface area contributed by atoms with E-state index < -0.39 is 0 Å². The summed E-state index contributed by atoms with van der Waals surface area (Å²) in [7, 11) is 0. The van der Waals surface area contributed by atoms with Crippen LogP contribution in [-0.2, 0) is 13.0 Å². The van der Waals surface area contributed by atoms with E-state index in [1.807, 2.05) is 0 Å². The molecule has 0 N–H and O–H groups in total. The molecule has 2 aromatic heterocycles. The van der Waals surface area contributed by atoms with Crippen molar-refractivity contribution in [1.29, 1.82) is 0 Å². The highest BCUT2D eigenvalue weighted by Crippen LogP contribution is 2.21. The maximum Gasteiger partial charge on any atom is 0.135 e. The standard InChI is InChI=1S/C15H23N7/c1-3-14-13(2)16-12-17-15(14)21-9-6-20(7-10-21)8-11-22-18-4-5-19-22/h4-5,12H,3,6-11H2,1-2H3. The van der Waals surface area contributed by atoms with Gasteiger partial charge in [-0.25, -0.2) is 9.97 Å². The Hall–Kier alpha value is -2.02. The largest absolute Gasteiger partial charge is 0.354 e. The van der Waals surface area contributed by atoms with Crippen molar-refractivity contribution in [3.8, 4) is 0 Å². The van der Waals surface area contributed by atoms with Gasteiger partial charge < -0.3 is 4.90 Å². The maximum atomic E-state index is 4.52. The van der Waals surface area contributed by atoms with Crippen LogP contribution in [0.2, 0.25) is 0 Å². The molecule has 0 bridgehead atoms. The highest BCUT2D eigenvalue weighted by molar-refractivity contribution is 5.48. The van der Waals surface area contributed by atoms with E-state index in [1.54, 1.807) is 23.5 Å². The van der Waals surface area contributed by atoms with Gasteiger partial charge >= 0.3 is 0 Å². The average Bonchev–Trinajstić information content (AvgIpc) is 3.07. The number of hydrogen-bond acceptors (Lipinski definition) is 6. The van der Waals surface area contributed by atoms with Gasteiger partial charge in [0.1, 0.15) is 12.1 Å². The van der Waals surface area contributed by atoms with Gasteiger partial charge in [0.2, 0.25) is 0 Å². The number of rotatable bonds is 5. The molecule has 3 rings (SSSR count). The summed E-state index contributed by atoms with van der Waals surface area (Å²) in [6.07, 6.45) is 6.11. The Morgan fingerprint density at radius 3 is 2.41 bits per heavy atom. The molecule has 0 aromatic carbocycles. The molecule has 0 unspecified atom stereocenters. The summed E-state index contributed by atoms with van der Waals surface area (Å²) >= 11 is 0. The molecule has 2 aromatic rings. The molecule has 3 heterocycles. The third kappa shape index (κ3) is 3.24. The van der Waals surface area contributed by atoms with Gasteiger partial charge in [0.25, 0.3) is 0 Å². The Labute approximate surface area is 131 Å². The quantitative estimate of drug-likeness (QED) is 0.812. The van der Waals surface area contributed by atoms with E-state index in [1.165, 1.54) is 5.56 Å². The molecule has 7 nitrogen and oxygen atoms in total. The number of hydrogen-bond donors (Lipinski definition) is 0. The molecule has 0 atom stereocenters. The summed E-state index contributed by atoms with van der Waals surface area (Å²) in [5.41, 5.74) is 2.37. The molecular weight excluding hydrogens is 278 g/mol. The summed E-state index contributed by atoms with van der Waals surface area (Å²) in [6, 6.07) is 0. The molecule has 1 aliphatic heterocycles. The van der Waals surface area contributed by atoms with Crippen LogP contribution in [0.25, 0.3) is 0 Å². The van der Waals surface area contributed by atoms with Crippen molar-refractivity contribution in [2.24, 2.45) is 0 Å². The van der Waals surface area contributed by atoms with E-state index in [0.29, 0.717) is 0 Å². The van der Waals surface area contributed by atoms with Gasteiger partial charge in [0.05, 0.1) is 18.9 Å². The van der Waals surface area contributed by atoms with Crippen molar-refractivity contribution in [1.82, 2.24) is 29.9 Å². The topological polar surface area (TPSA) is 63.0 Å². The first kappa shape index (κ1) is 14.9. The average molecular weight is 301 g/mol. The minimum absolute atomic E-state index is 0.847. The van der Waals surface area contributed by atoms with Crippen LogP contribution < -0.4 is 4.90 Å². The smallest absolute Gasteiger partial charge is 0.135 e. The maximum absolute atomic E-state index is 4.52. The summed E-state index contributed by atoms with van der Waals surface area (Å²) in [5, 5.41) is 8.29. The number of aryl methyl sites for hydroxylation is 1. The van der Waals surface area contributed by atoms with Gasteiger partial charge in [0, 0.05) is 44.0 Å². The zero-order chi connectivity index (χ0) is 15.4. The second-order valence-electron chi connectivity index (χ2n) is 5.57. The zero-order valence-electron chi connectivity index (χ0n) is 13.3. The van der Waals surface area contributed by atoms with E-state index in [4.69, 9.17) is 0 Å². The lowest BCUT2D eigenvalue weighted by Gasteiger charge is -2.36. The summed E-state index contributed by atoms with van der Waals surface area (Å²) in [5.74, 6) is 1.11. The predicted molar refractivity (Wildman–Crippen MR) is 84.8 cm³/mol. The minimum Gasteiger partial charge on any atom is -0.354 e. The SMILES string of the molecule is CCc1c(C)ncnc1N1CCN(CCn2nccn2)CC1. The molecule has 0 spiro atoms. The second kappa shape index (κ2) is 6.83. The van der Waals surface area contributed by atoms with Crippen molar-refractivity contribution in [3.05, 3.63) is 30.0 Å². The minimum atomic E-state index is 0.847. The van der Waals surface area contributed by atoms with E-state index >= 15 is 0 Å². The van der Waals surface area contributed by atoms with E-state index in [9.17, 15) is 0 Å². The lowest BCUT2D eigenvalue weighted by atomic mass is 10.1. The molecule has 0 amide bonds.